The third-order valence-electron chi connectivity index (χ3n) is 2.79. The maximum Gasteiger partial charge on any atom is 0.573 e. The van der Waals surface area contributed by atoms with Crippen molar-refractivity contribution in [2.45, 2.75) is 12.8 Å². The summed E-state index contributed by atoms with van der Waals surface area (Å²) in [6, 6.07) is 14.2. The topological polar surface area (TPSA) is 50.4 Å². The summed E-state index contributed by atoms with van der Waals surface area (Å²) >= 11 is 4.98. The number of ether oxygens (including phenoxy) is 1. The molecule has 0 aliphatic heterocycles. The molecule has 8 heteroatoms. The molecule has 0 atom stereocenters. The molecule has 0 aliphatic carbocycles. The van der Waals surface area contributed by atoms with Crippen molar-refractivity contribution in [3.05, 3.63) is 60.2 Å². The average molecular weight is 354 g/mol. The molecule has 4 nitrogen and oxygen atoms in total. The van der Waals surface area contributed by atoms with E-state index < -0.39 is 6.36 Å². The number of halogens is 3. The Morgan fingerprint density at radius 1 is 1.08 bits per heavy atom. The van der Waals surface area contributed by atoms with Gasteiger partial charge in [-0.25, -0.2) is 0 Å². The second-order valence-electron chi connectivity index (χ2n) is 4.74. The van der Waals surface area contributed by atoms with Gasteiger partial charge < -0.3 is 15.4 Å². The van der Waals surface area contributed by atoms with Crippen LogP contribution >= 0.6 is 12.2 Å². The van der Waals surface area contributed by atoms with Gasteiger partial charge in [-0.2, -0.15) is 0 Å². The quantitative estimate of drug-likeness (QED) is 0.823. The molecule has 1 amide bonds. The fourth-order valence-electron chi connectivity index (χ4n) is 1.89. The molecule has 0 spiro atoms. The van der Waals surface area contributed by atoms with Gasteiger partial charge in [0.25, 0.3) is 0 Å². The summed E-state index contributed by atoms with van der Waals surface area (Å²) in [6.07, 6.45) is -4.64. The van der Waals surface area contributed by atoms with Crippen LogP contribution in [-0.2, 0) is 11.2 Å². The molecule has 0 saturated carbocycles. The van der Waals surface area contributed by atoms with Crippen molar-refractivity contribution in [1.82, 2.24) is 5.32 Å². The van der Waals surface area contributed by atoms with E-state index in [1.165, 1.54) is 12.1 Å². The van der Waals surface area contributed by atoms with Crippen molar-refractivity contribution in [3.8, 4) is 5.75 Å². The van der Waals surface area contributed by atoms with Gasteiger partial charge in [0, 0.05) is 11.8 Å². The zero-order valence-electron chi connectivity index (χ0n) is 12.3. The maximum atomic E-state index is 12.2. The number of carbonyl (C=O) groups excluding carboxylic acids is 1. The first-order valence-corrected chi connectivity index (χ1v) is 7.23. The lowest BCUT2D eigenvalue weighted by Gasteiger charge is -2.12. The Morgan fingerprint density at radius 2 is 1.79 bits per heavy atom. The van der Waals surface area contributed by atoms with Gasteiger partial charge in [-0.05, 0) is 29.9 Å². The first-order chi connectivity index (χ1) is 11.3. The van der Waals surface area contributed by atoms with Crippen molar-refractivity contribution in [3.63, 3.8) is 0 Å². The highest BCUT2D eigenvalue weighted by molar-refractivity contribution is 7.80. The van der Waals surface area contributed by atoms with Crippen LogP contribution in [-0.4, -0.2) is 17.4 Å². The van der Waals surface area contributed by atoms with Gasteiger partial charge in [0.05, 0.1) is 6.42 Å². The fourth-order valence-corrected chi connectivity index (χ4v) is 2.12. The van der Waals surface area contributed by atoms with Crippen molar-refractivity contribution < 1.29 is 22.7 Å². The average Bonchev–Trinajstić information content (AvgIpc) is 2.46. The lowest BCUT2D eigenvalue weighted by molar-refractivity contribution is -0.274. The van der Waals surface area contributed by atoms with Crippen molar-refractivity contribution in [1.29, 1.82) is 0 Å². The normalized spacial score (nSPS) is 10.8. The van der Waals surface area contributed by atoms with E-state index >= 15 is 0 Å². The minimum atomic E-state index is -4.77. The number of hydrogen-bond donors (Lipinski definition) is 2. The second kappa shape index (κ2) is 7.78. The zero-order chi connectivity index (χ0) is 17.6. The third-order valence-corrected chi connectivity index (χ3v) is 2.99. The second-order valence-corrected chi connectivity index (χ2v) is 5.15. The van der Waals surface area contributed by atoms with Crippen LogP contribution in [0.2, 0.25) is 0 Å². The van der Waals surface area contributed by atoms with Crippen LogP contribution in [0.1, 0.15) is 5.56 Å². The summed E-state index contributed by atoms with van der Waals surface area (Å²) < 4.78 is 40.4. The van der Waals surface area contributed by atoms with Crippen LogP contribution in [0.5, 0.6) is 5.75 Å². The molecule has 0 bridgehead atoms. The molecule has 0 unspecified atom stereocenters. The number of thiocarbonyl (C=S) groups is 1. The Bertz CT molecular complexity index is 721. The highest BCUT2D eigenvalue weighted by atomic mass is 32.1. The summed E-state index contributed by atoms with van der Waals surface area (Å²) in [7, 11) is 0. The van der Waals surface area contributed by atoms with Crippen LogP contribution in [0.4, 0.5) is 18.9 Å². The standard InChI is InChI=1S/C16H13F3N2O2S/c17-16(18,19)23-13-8-4-7-12(10-13)20-15(24)21-14(22)9-11-5-2-1-3-6-11/h1-8,10H,9H2,(H2,20,21,22,24). The molecule has 2 rings (SSSR count). The van der Waals surface area contributed by atoms with E-state index in [1.54, 1.807) is 12.1 Å². The molecular formula is C16H13F3N2O2S. The summed E-state index contributed by atoms with van der Waals surface area (Å²) in [6.45, 7) is 0. The van der Waals surface area contributed by atoms with E-state index in [1.807, 2.05) is 18.2 Å². The number of anilines is 1. The number of rotatable bonds is 4. The number of carbonyl (C=O) groups is 1. The Morgan fingerprint density at radius 3 is 2.46 bits per heavy atom. The predicted octanol–water partition coefficient (Wildman–Crippen LogP) is 3.64. The monoisotopic (exact) mass is 354 g/mol. The number of hydrogen-bond acceptors (Lipinski definition) is 3. The molecule has 0 radical (unpaired) electrons. The van der Waals surface area contributed by atoms with Crippen molar-refractivity contribution in [2.24, 2.45) is 0 Å². The lowest BCUT2D eigenvalue weighted by atomic mass is 10.1. The zero-order valence-corrected chi connectivity index (χ0v) is 13.1. The SMILES string of the molecule is O=C(Cc1ccccc1)NC(=S)Nc1cccc(OC(F)(F)F)c1. The molecule has 24 heavy (non-hydrogen) atoms. The van der Waals surface area contributed by atoms with E-state index in [0.717, 1.165) is 17.7 Å². The van der Waals surface area contributed by atoms with Crippen LogP contribution in [0.25, 0.3) is 0 Å². The van der Waals surface area contributed by atoms with Crippen LogP contribution in [0, 0.1) is 0 Å². The van der Waals surface area contributed by atoms with Gasteiger partial charge in [-0.15, -0.1) is 13.2 Å². The molecule has 2 aromatic rings. The molecule has 0 aromatic heterocycles. The Hall–Kier alpha value is -2.61. The van der Waals surface area contributed by atoms with Crippen LogP contribution in [0.15, 0.2) is 54.6 Å². The summed E-state index contributed by atoms with van der Waals surface area (Å²) in [5.74, 6) is -0.715. The largest absolute Gasteiger partial charge is 0.573 e. The first-order valence-electron chi connectivity index (χ1n) is 6.82. The summed E-state index contributed by atoms with van der Waals surface area (Å²) in [4.78, 5) is 11.9. The lowest BCUT2D eigenvalue weighted by Crippen LogP contribution is -2.35. The maximum absolute atomic E-state index is 12.2. The summed E-state index contributed by atoms with van der Waals surface area (Å²) in [5.41, 5.74) is 1.08. The number of amides is 1. The van der Waals surface area contributed by atoms with Gasteiger partial charge in [-0.1, -0.05) is 36.4 Å². The molecular weight excluding hydrogens is 341 g/mol. The van der Waals surface area contributed by atoms with E-state index in [9.17, 15) is 18.0 Å². The van der Waals surface area contributed by atoms with Crippen molar-refractivity contribution >= 4 is 28.9 Å². The number of benzene rings is 2. The van der Waals surface area contributed by atoms with Crippen LogP contribution in [0.3, 0.4) is 0 Å². The predicted molar refractivity (Wildman–Crippen MR) is 87.6 cm³/mol. The van der Waals surface area contributed by atoms with Gasteiger partial charge in [-0.3, -0.25) is 4.79 Å². The number of nitrogens with one attached hydrogen (secondary N) is 2. The molecule has 126 valence electrons. The molecule has 2 aromatic carbocycles. The summed E-state index contributed by atoms with van der Waals surface area (Å²) in [5, 5.41) is 5.09. The van der Waals surface area contributed by atoms with Gasteiger partial charge in [0.15, 0.2) is 5.11 Å². The highest BCUT2D eigenvalue weighted by Gasteiger charge is 2.31. The highest BCUT2D eigenvalue weighted by Crippen LogP contribution is 2.24. The molecule has 0 heterocycles. The van der Waals surface area contributed by atoms with E-state index in [4.69, 9.17) is 12.2 Å². The Kier molecular flexibility index (Phi) is 5.75. The van der Waals surface area contributed by atoms with Gasteiger partial charge in [0.1, 0.15) is 5.75 Å². The van der Waals surface area contributed by atoms with E-state index in [2.05, 4.69) is 15.4 Å². The molecule has 0 aliphatic rings. The molecule has 0 saturated heterocycles. The van der Waals surface area contributed by atoms with Gasteiger partial charge >= 0.3 is 6.36 Å². The minimum Gasteiger partial charge on any atom is -0.406 e. The minimum absolute atomic E-state index is 0.0138. The number of alkyl halides is 3. The van der Waals surface area contributed by atoms with Gasteiger partial charge in [0.2, 0.25) is 5.91 Å². The molecule has 2 N–H and O–H groups in total. The Labute approximate surface area is 141 Å². The van der Waals surface area contributed by atoms with E-state index in [-0.39, 0.29) is 28.9 Å². The van der Waals surface area contributed by atoms with Crippen molar-refractivity contribution in [2.75, 3.05) is 5.32 Å². The molecule has 0 fully saturated rings. The first kappa shape index (κ1) is 17.7. The van der Waals surface area contributed by atoms with E-state index in [0.29, 0.717) is 0 Å². The third kappa shape index (κ3) is 6.25. The Balaban J connectivity index is 1.90. The van der Waals surface area contributed by atoms with Crippen LogP contribution < -0.4 is 15.4 Å². The smallest absolute Gasteiger partial charge is 0.406 e. The fraction of sp³-hybridized carbons (Fsp3) is 0.125.